The summed E-state index contributed by atoms with van der Waals surface area (Å²) < 4.78 is 4.62. The maximum absolute atomic E-state index is 8.71. The third kappa shape index (κ3) is 3.38. The Balaban J connectivity index is 2.66. The summed E-state index contributed by atoms with van der Waals surface area (Å²) in [5, 5.41) is 0. The second kappa shape index (κ2) is 3.23. The van der Waals surface area contributed by atoms with Gasteiger partial charge in [0.25, 0.3) is 0 Å². The molecule has 3 nitrogen and oxygen atoms in total. The topological polar surface area (TPSA) is 49.7 Å². The number of hydrogen-bond donors (Lipinski definition) is 2. The van der Waals surface area contributed by atoms with E-state index in [0.29, 0.717) is 5.75 Å². The Hall–Kier alpha value is -0.553. The molecule has 0 unspecified atom stereocenters. The highest BCUT2D eigenvalue weighted by Gasteiger charge is 2.31. The summed E-state index contributed by atoms with van der Waals surface area (Å²) in [7, 11) is -3.93. The van der Waals surface area contributed by atoms with E-state index in [1.807, 2.05) is 0 Å². The van der Waals surface area contributed by atoms with Crippen LogP contribution in [0.3, 0.4) is 0 Å². The zero-order valence-corrected chi connectivity index (χ0v) is 7.32. The summed E-state index contributed by atoms with van der Waals surface area (Å²) >= 11 is 5.10. The van der Waals surface area contributed by atoms with E-state index in [9.17, 15) is 0 Å². The maximum Gasteiger partial charge on any atom is 0.674 e. The van der Waals surface area contributed by atoms with E-state index >= 15 is 0 Å². The molecule has 0 radical (unpaired) electrons. The highest BCUT2D eigenvalue weighted by molar-refractivity contribution is 7.07. The van der Waals surface area contributed by atoms with E-state index in [4.69, 9.17) is 20.7 Å². The lowest BCUT2D eigenvalue weighted by Crippen LogP contribution is -2.35. The Morgan fingerprint density at radius 2 is 1.73 bits per heavy atom. The van der Waals surface area contributed by atoms with E-state index in [1.54, 1.807) is 30.3 Å². The summed E-state index contributed by atoms with van der Waals surface area (Å²) in [6.07, 6.45) is 0. The Labute approximate surface area is 69.9 Å². The first-order chi connectivity index (χ1) is 5.08. The highest BCUT2D eigenvalue weighted by Crippen LogP contribution is 2.13. The second-order valence-electron chi connectivity index (χ2n) is 1.94. The molecule has 0 aromatic heterocycles. The van der Waals surface area contributed by atoms with Gasteiger partial charge in [0.2, 0.25) is 0 Å². The lowest BCUT2D eigenvalue weighted by atomic mass is 10.3. The minimum absolute atomic E-state index is 0.360. The average molecular weight is 191 g/mol. The average Bonchev–Trinajstić information content (AvgIpc) is 1.85. The summed E-state index contributed by atoms with van der Waals surface area (Å²) in [5.41, 5.74) is 0. The molecule has 5 heteroatoms. The molecule has 0 aliphatic rings. The standard InChI is InChI=1S/C6H7ClO3Si/c7-11(8,9)10-6-4-2-1-3-5-6/h1-5,8-9H. The van der Waals surface area contributed by atoms with Gasteiger partial charge in [-0.1, -0.05) is 29.3 Å². The van der Waals surface area contributed by atoms with Gasteiger partial charge in [-0.15, -0.1) is 0 Å². The molecule has 2 N–H and O–H groups in total. The predicted octanol–water partition coefficient (Wildman–Crippen LogP) is 0.724. The van der Waals surface area contributed by atoms with Gasteiger partial charge < -0.3 is 14.0 Å². The molecule has 0 aliphatic heterocycles. The van der Waals surface area contributed by atoms with Crippen LogP contribution in [0.15, 0.2) is 30.3 Å². The molecule has 0 aliphatic carbocycles. The fraction of sp³-hybridized carbons (Fsp3) is 0. The highest BCUT2D eigenvalue weighted by atomic mass is 35.6. The van der Waals surface area contributed by atoms with Crippen molar-refractivity contribution in [1.82, 2.24) is 0 Å². The predicted molar refractivity (Wildman–Crippen MR) is 43.1 cm³/mol. The van der Waals surface area contributed by atoms with Crippen LogP contribution >= 0.6 is 11.1 Å². The summed E-state index contributed by atoms with van der Waals surface area (Å²) in [6, 6.07) is 8.41. The molecule has 1 rings (SSSR count). The zero-order chi connectivity index (χ0) is 8.32. The molecular weight excluding hydrogens is 184 g/mol. The molecule has 1 aromatic carbocycles. The lowest BCUT2D eigenvalue weighted by molar-refractivity contribution is 0.272. The van der Waals surface area contributed by atoms with Crippen LogP contribution in [-0.2, 0) is 0 Å². The number of para-hydroxylation sites is 1. The number of rotatable bonds is 2. The van der Waals surface area contributed by atoms with Crippen LogP contribution in [0.2, 0.25) is 0 Å². The minimum Gasteiger partial charge on any atom is -0.490 e. The van der Waals surface area contributed by atoms with E-state index in [1.165, 1.54) is 0 Å². The Morgan fingerprint density at radius 1 is 1.18 bits per heavy atom. The molecule has 0 spiro atoms. The molecule has 0 saturated heterocycles. The van der Waals surface area contributed by atoms with Crippen LogP contribution in [0, 0.1) is 0 Å². The normalized spacial score (nSPS) is 11.2. The van der Waals surface area contributed by atoms with Gasteiger partial charge >= 0.3 is 8.11 Å². The van der Waals surface area contributed by atoms with Crippen molar-refractivity contribution in [2.24, 2.45) is 0 Å². The minimum atomic E-state index is -3.93. The SMILES string of the molecule is O[Si](O)(Cl)Oc1ccccc1. The molecule has 1 aromatic rings. The van der Waals surface area contributed by atoms with Crippen molar-refractivity contribution in [3.05, 3.63) is 30.3 Å². The van der Waals surface area contributed by atoms with Gasteiger partial charge in [-0.05, 0) is 12.1 Å². The largest absolute Gasteiger partial charge is 0.674 e. The van der Waals surface area contributed by atoms with Gasteiger partial charge in [-0.25, -0.2) is 0 Å². The fourth-order valence-corrected chi connectivity index (χ4v) is 1.34. The van der Waals surface area contributed by atoms with Crippen molar-refractivity contribution in [3.63, 3.8) is 0 Å². The number of hydrogen-bond acceptors (Lipinski definition) is 3. The first kappa shape index (κ1) is 8.54. The Bertz CT molecular complexity index is 221. The van der Waals surface area contributed by atoms with Gasteiger partial charge in [0.15, 0.2) is 0 Å². The van der Waals surface area contributed by atoms with E-state index in [0.717, 1.165) is 0 Å². The lowest BCUT2D eigenvalue weighted by Gasteiger charge is -2.10. The van der Waals surface area contributed by atoms with Gasteiger partial charge in [0.05, 0.1) is 0 Å². The van der Waals surface area contributed by atoms with Crippen LogP contribution in [0.4, 0.5) is 0 Å². The fourth-order valence-electron chi connectivity index (χ4n) is 0.638. The van der Waals surface area contributed by atoms with Crippen LogP contribution < -0.4 is 4.43 Å². The molecule has 0 amide bonds. The molecule has 60 valence electrons. The van der Waals surface area contributed by atoms with Gasteiger partial charge in [0, 0.05) is 0 Å². The van der Waals surface area contributed by atoms with Crippen molar-refractivity contribution in [3.8, 4) is 5.75 Å². The Morgan fingerprint density at radius 3 is 2.18 bits per heavy atom. The van der Waals surface area contributed by atoms with Crippen LogP contribution in [0.1, 0.15) is 0 Å². The monoisotopic (exact) mass is 190 g/mol. The Kier molecular flexibility index (Phi) is 2.51. The van der Waals surface area contributed by atoms with Crippen LogP contribution in [0.5, 0.6) is 5.75 Å². The van der Waals surface area contributed by atoms with Gasteiger partial charge in [-0.2, -0.15) is 0 Å². The summed E-state index contributed by atoms with van der Waals surface area (Å²) in [5.74, 6) is 0.360. The van der Waals surface area contributed by atoms with Crippen molar-refractivity contribution >= 4 is 19.2 Å². The van der Waals surface area contributed by atoms with Crippen molar-refractivity contribution < 1.29 is 14.0 Å². The quantitative estimate of drug-likeness (QED) is 0.534. The van der Waals surface area contributed by atoms with Crippen molar-refractivity contribution in [2.75, 3.05) is 0 Å². The maximum atomic E-state index is 8.71. The molecule has 0 fully saturated rings. The zero-order valence-electron chi connectivity index (χ0n) is 5.57. The molecule has 11 heavy (non-hydrogen) atoms. The van der Waals surface area contributed by atoms with Gasteiger partial charge in [-0.3, -0.25) is 0 Å². The second-order valence-corrected chi connectivity index (χ2v) is 4.68. The molecule has 0 saturated carbocycles. The van der Waals surface area contributed by atoms with Crippen molar-refractivity contribution in [1.29, 1.82) is 0 Å². The smallest absolute Gasteiger partial charge is 0.490 e. The third-order valence-electron chi connectivity index (χ3n) is 0.991. The van der Waals surface area contributed by atoms with Crippen LogP contribution in [0.25, 0.3) is 0 Å². The number of halogens is 1. The molecular formula is C6H7ClO3Si. The summed E-state index contributed by atoms with van der Waals surface area (Å²) in [4.78, 5) is 17.4. The first-order valence-electron chi connectivity index (χ1n) is 2.96. The summed E-state index contributed by atoms with van der Waals surface area (Å²) in [6.45, 7) is 0. The van der Waals surface area contributed by atoms with Gasteiger partial charge in [0.1, 0.15) is 5.75 Å². The van der Waals surface area contributed by atoms with E-state index in [-0.39, 0.29) is 0 Å². The first-order valence-corrected chi connectivity index (χ1v) is 5.77. The van der Waals surface area contributed by atoms with Crippen molar-refractivity contribution in [2.45, 2.75) is 0 Å². The van der Waals surface area contributed by atoms with E-state index < -0.39 is 8.11 Å². The number of benzene rings is 1. The molecule has 0 bridgehead atoms. The molecule has 0 atom stereocenters. The van der Waals surface area contributed by atoms with E-state index in [2.05, 4.69) is 4.43 Å². The third-order valence-corrected chi connectivity index (χ3v) is 1.72. The molecule has 0 heterocycles. The van der Waals surface area contributed by atoms with Crippen LogP contribution in [-0.4, -0.2) is 17.7 Å².